The van der Waals surface area contributed by atoms with Crippen molar-refractivity contribution in [2.75, 3.05) is 10.6 Å². The van der Waals surface area contributed by atoms with Crippen molar-refractivity contribution in [1.82, 2.24) is 9.97 Å². The third-order valence-corrected chi connectivity index (χ3v) is 4.13. The molecule has 0 aliphatic carbocycles. The van der Waals surface area contributed by atoms with Crippen LogP contribution >= 0.6 is 11.6 Å². The van der Waals surface area contributed by atoms with E-state index in [4.69, 9.17) is 11.6 Å². The fourth-order valence-corrected chi connectivity index (χ4v) is 2.40. The summed E-state index contributed by atoms with van der Waals surface area (Å²) >= 11 is 6.09. The molecule has 1 amide bonds. The number of nitrogens with zero attached hydrogens (tertiary/aromatic N) is 2. The largest absolute Gasteiger partial charge is 0.323 e. The van der Waals surface area contributed by atoms with Gasteiger partial charge in [0.05, 0.1) is 16.3 Å². The van der Waals surface area contributed by atoms with Crippen LogP contribution in [0, 0.1) is 13.8 Å². The Bertz CT molecular complexity index is 910. The Hall–Kier alpha value is -2.92. The minimum absolute atomic E-state index is 0.257. The summed E-state index contributed by atoms with van der Waals surface area (Å²) in [6.07, 6.45) is 2.95. The summed E-state index contributed by atoms with van der Waals surface area (Å²) < 4.78 is 0. The van der Waals surface area contributed by atoms with E-state index in [9.17, 15) is 4.79 Å². The van der Waals surface area contributed by atoms with Crippen molar-refractivity contribution < 1.29 is 4.79 Å². The van der Waals surface area contributed by atoms with E-state index in [1.54, 1.807) is 6.07 Å². The Morgan fingerprint density at radius 3 is 2.40 bits per heavy atom. The lowest BCUT2D eigenvalue weighted by Crippen LogP contribution is -2.13. The number of aryl methyl sites for hydroxylation is 2. The molecule has 3 rings (SSSR count). The van der Waals surface area contributed by atoms with Crippen LogP contribution in [0.1, 0.15) is 21.5 Å². The molecule has 0 aliphatic rings. The molecular weight excluding hydrogens is 336 g/mol. The molecule has 6 heteroatoms. The van der Waals surface area contributed by atoms with Crippen molar-refractivity contribution in [2.45, 2.75) is 13.8 Å². The second-order valence-corrected chi connectivity index (χ2v) is 6.06. The van der Waals surface area contributed by atoms with E-state index in [0.29, 0.717) is 22.2 Å². The number of amides is 1. The van der Waals surface area contributed by atoms with Gasteiger partial charge in [0.2, 0.25) is 5.95 Å². The van der Waals surface area contributed by atoms with Gasteiger partial charge < -0.3 is 10.6 Å². The van der Waals surface area contributed by atoms with Crippen molar-refractivity contribution in [3.05, 3.63) is 76.6 Å². The van der Waals surface area contributed by atoms with Crippen molar-refractivity contribution in [3.63, 3.8) is 0 Å². The standard InChI is InChI=1S/C19H17ClN4O/c1-12-7-8-15(9-13(12)2)23-18(25)14-10-21-19(22-11-14)24-17-6-4-3-5-16(17)20/h3-11H,1-2H3,(H,23,25)(H,21,22,24). The summed E-state index contributed by atoms with van der Waals surface area (Å²) in [6, 6.07) is 13.1. The third kappa shape index (κ3) is 4.14. The lowest BCUT2D eigenvalue weighted by molar-refractivity contribution is 0.102. The summed E-state index contributed by atoms with van der Waals surface area (Å²) in [5, 5.41) is 6.43. The predicted molar refractivity (Wildman–Crippen MR) is 101 cm³/mol. The van der Waals surface area contributed by atoms with E-state index >= 15 is 0 Å². The van der Waals surface area contributed by atoms with E-state index in [0.717, 1.165) is 11.3 Å². The van der Waals surface area contributed by atoms with Gasteiger partial charge in [0.1, 0.15) is 0 Å². The van der Waals surface area contributed by atoms with Gasteiger partial charge in [-0.25, -0.2) is 9.97 Å². The van der Waals surface area contributed by atoms with Crippen LogP contribution in [0.5, 0.6) is 0 Å². The number of rotatable bonds is 4. The number of aromatic nitrogens is 2. The molecule has 0 spiro atoms. The zero-order valence-corrected chi connectivity index (χ0v) is 14.6. The molecule has 0 saturated carbocycles. The van der Waals surface area contributed by atoms with Crippen LogP contribution in [0.3, 0.4) is 0 Å². The summed E-state index contributed by atoms with van der Waals surface area (Å²) in [5.74, 6) is 0.114. The van der Waals surface area contributed by atoms with Crippen molar-refractivity contribution in [3.8, 4) is 0 Å². The van der Waals surface area contributed by atoms with E-state index in [1.165, 1.54) is 18.0 Å². The van der Waals surface area contributed by atoms with E-state index in [1.807, 2.05) is 50.2 Å². The smallest absolute Gasteiger partial charge is 0.258 e. The average molecular weight is 353 g/mol. The summed E-state index contributed by atoms with van der Waals surface area (Å²) in [6.45, 7) is 4.03. The number of anilines is 3. The molecule has 0 saturated heterocycles. The van der Waals surface area contributed by atoms with Crippen LogP contribution in [0.4, 0.5) is 17.3 Å². The van der Waals surface area contributed by atoms with Gasteiger partial charge in [-0.1, -0.05) is 29.8 Å². The van der Waals surface area contributed by atoms with Crippen LogP contribution < -0.4 is 10.6 Å². The van der Waals surface area contributed by atoms with Crippen molar-refractivity contribution >= 4 is 34.8 Å². The molecule has 0 bridgehead atoms. The Balaban J connectivity index is 1.70. The number of carbonyl (C=O) groups is 1. The Morgan fingerprint density at radius 1 is 1.00 bits per heavy atom. The number of para-hydroxylation sites is 1. The fraction of sp³-hybridized carbons (Fsp3) is 0.105. The molecule has 2 N–H and O–H groups in total. The molecule has 0 radical (unpaired) electrons. The molecule has 0 fully saturated rings. The average Bonchev–Trinajstić information content (AvgIpc) is 2.61. The van der Waals surface area contributed by atoms with Crippen LogP contribution in [-0.2, 0) is 0 Å². The summed E-state index contributed by atoms with van der Waals surface area (Å²) in [5.41, 5.74) is 4.12. The first-order chi connectivity index (χ1) is 12.0. The van der Waals surface area contributed by atoms with Gasteiger partial charge in [-0.3, -0.25) is 4.79 Å². The summed E-state index contributed by atoms with van der Waals surface area (Å²) in [7, 11) is 0. The number of halogens is 1. The molecule has 1 aromatic heterocycles. The van der Waals surface area contributed by atoms with Crippen LogP contribution in [0.25, 0.3) is 0 Å². The molecule has 0 aliphatic heterocycles. The molecule has 5 nitrogen and oxygen atoms in total. The lowest BCUT2D eigenvalue weighted by atomic mass is 10.1. The zero-order valence-electron chi connectivity index (χ0n) is 13.9. The first-order valence-electron chi connectivity index (χ1n) is 7.75. The number of benzene rings is 2. The van der Waals surface area contributed by atoms with Gasteiger partial charge >= 0.3 is 0 Å². The Labute approximate surface area is 151 Å². The third-order valence-electron chi connectivity index (χ3n) is 3.80. The lowest BCUT2D eigenvalue weighted by Gasteiger charge is -2.09. The maximum absolute atomic E-state index is 12.3. The van der Waals surface area contributed by atoms with Gasteiger partial charge in [0.25, 0.3) is 5.91 Å². The van der Waals surface area contributed by atoms with E-state index < -0.39 is 0 Å². The molecule has 3 aromatic rings. The summed E-state index contributed by atoms with van der Waals surface area (Å²) in [4.78, 5) is 20.6. The van der Waals surface area contributed by atoms with Gasteiger partial charge in [-0.2, -0.15) is 0 Å². The minimum atomic E-state index is -0.257. The van der Waals surface area contributed by atoms with Gasteiger partial charge in [0, 0.05) is 18.1 Å². The van der Waals surface area contributed by atoms with Crippen LogP contribution in [-0.4, -0.2) is 15.9 Å². The maximum atomic E-state index is 12.3. The number of hydrogen-bond acceptors (Lipinski definition) is 4. The molecule has 1 heterocycles. The normalized spacial score (nSPS) is 10.4. The van der Waals surface area contributed by atoms with Gasteiger partial charge in [-0.05, 0) is 49.2 Å². The van der Waals surface area contributed by atoms with E-state index in [-0.39, 0.29) is 5.91 Å². The highest BCUT2D eigenvalue weighted by molar-refractivity contribution is 6.33. The molecule has 0 atom stereocenters. The second kappa shape index (κ2) is 7.32. The molecule has 0 unspecified atom stereocenters. The second-order valence-electron chi connectivity index (χ2n) is 5.65. The highest BCUT2D eigenvalue weighted by Gasteiger charge is 2.09. The highest BCUT2D eigenvalue weighted by Crippen LogP contribution is 2.23. The van der Waals surface area contributed by atoms with Crippen LogP contribution in [0.15, 0.2) is 54.9 Å². The first kappa shape index (κ1) is 16.9. The Kier molecular flexibility index (Phi) is 4.95. The van der Waals surface area contributed by atoms with Crippen molar-refractivity contribution in [1.29, 1.82) is 0 Å². The quantitative estimate of drug-likeness (QED) is 0.711. The van der Waals surface area contributed by atoms with E-state index in [2.05, 4.69) is 20.6 Å². The molecule has 2 aromatic carbocycles. The predicted octanol–water partition coefficient (Wildman–Crippen LogP) is 4.74. The zero-order chi connectivity index (χ0) is 17.8. The number of nitrogens with one attached hydrogen (secondary N) is 2. The minimum Gasteiger partial charge on any atom is -0.323 e. The number of hydrogen-bond donors (Lipinski definition) is 2. The maximum Gasteiger partial charge on any atom is 0.258 e. The topological polar surface area (TPSA) is 66.9 Å². The van der Waals surface area contributed by atoms with Crippen molar-refractivity contribution in [2.24, 2.45) is 0 Å². The molecule has 25 heavy (non-hydrogen) atoms. The Morgan fingerprint density at radius 2 is 1.72 bits per heavy atom. The monoisotopic (exact) mass is 352 g/mol. The SMILES string of the molecule is Cc1ccc(NC(=O)c2cnc(Nc3ccccc3Cl)nc2)cc1C. The molecule has 126 valence electrons. The molecular formula is C19H17ClN4O. The highest BCUT2D eigenvalue weighted by atomic mass is 35.5. The van der Waals surface area contributed by atoms with Gasteiger partial charge in [-0.15, -0.1) is 0 Å². The van der Waals surface area contributed by atoms with Crippen LogP contribution in [0.2, 0.25) is 5.02 Å². The first-order valence-corrected chi connectivity index (χ1v) is 8.13. The fourth-order valence-electron chi connectivity index (χ4n) is 2.22. The van der Waals surface area contributed by atoms with Gasteiger partial charge in [0.15, 0.2) is 0 Å². The number of carbonyl (C=O) groups excluding carboxylic acids is 1.